The highest BCUT2D eigenvalue weighted by Crippen LogP contribution is 2.59. The van der Waals surface area contributed by atoms with Crippen molar-refractivity contribution in [3.8, 4) is 17.0 Å². The van der Waals surface area contributed by atoms with E-state index in [9.17, 15) is 10.1 Å². The van der Waals surface area contributed by atoms with Gasteiger partial charge in [0.2, 0.25) is 0 Å². The van der Waals surface area contributed by atoms with Gasteiger partial charge in [0, 0.05) is 34.1 Å². The zero-order chi connectivity index (χ0) is 24.2. The molecule has 4 fully saturated rings. The van der Waals surface area contributed by atoms with E-state index in [1.165, 1.54) is 45.6 Å². The number of nitrogens with zero attached hydrogens (tertiary/aromatic N) is 3. The molecule has 4 saturated carbocycles. The predicted molar refractivity (Wildman–Crippen MR) is 138 cm³/mol. The van der Waals surface area contributed by atoms with Gasteiger partial charge < -0.3 is 9.30 Å². The summed E-state index contributed by atoms with van der Waals surface area (Å²) >= 11 is 7.80. The summed E-state index contributed by atoms with van der Waals surface area (Å²) in [7, 11) is 1.46. The van der Waals surface area contributed by atoms with Crippen LogP contribution < -0.4 is 4.74 Å². The van der Waals surface area contributed by atoms with Gasteiger partial charge >= 0.3 is 5.69 Å². The van der Waals surface area contributed by atoms with Crippen LogP contribution in [0.1, 0.15) is 44.1 Å². The van der Waals surface area contributed by atoms with Crippen LogP contribution in [0.2, 0.25) is 5.02 Å². The number of benzene rings is 2. The number of nitro groups is 1. The lowest BCUT2D eigenvalue weighted by molar-refractivity contribution is -0.385. The van der Waals surface area contributed by atoms with E-state index in [1.807, 2.05) is 30.3 Å². The van der Waals surface area contributed by atoms with E-state index in [4.69, 9.17) is 21.3 Å². The van der Waals surface area contributed by atoms with Gasteiger partial charge in [0.15, 0.2) is 10.9 Å². The first-order valence-electron chi connectivity index (χ1n) is 12.2. The molecule has 7 rings (SSSR count). The lowest BCUT2D eigenvalue weighted by Gasteiger charge is -2.57. The highest BCUT2D eigenvalue weighted by Gasteiger charge is 2.52. The van der Waals surface area contributed by atoms with Crippen molar-refractivity contribution in [3.05, 3.63) is 69.4 Å². The van der Waals surface area contributed by atoms with Gasteiger partial charge in [-0.25, -0.2) is 4.98 Å². The van der Waals surface area contributed by atoms with Crippen LogP contribution >= 0.6 is 23.4 Å². The molecule has 4 aliphatic rings. The van der Waals surface area contributed by atoms with Gasteiger partial charge in [0.1, 0.15) is 0 Å². The van der Waals surface area contributed by atoms with Crippen LogP contribution in [0.3, 0.4) is 0 Å². The standard InChI is InChI=1S/C27H28ClN3O3S/c1-34-25-7-2-17(11-24(25)31(32)33)16-35-26-29-23(21-3-5-22(28)6-4-21)15-30(26)27-12-18-8-19(13-27)10-20(9-18)14-27/h2-7,11,15,18-20H,8-10,12-14,16H2,1H3. The van der Waals surface area contributed by atoms with Crippen LogP contribution in [0.4, 0.5) is 5.69 Å². The fourth-order valence-electron chi connectivity index (χ4n) is 7.04. The summed E-state index contributed by atoms with van der Waals surface area (Å²) in [5.74, 6) is 3.36. The topological polar surface area (TPSA) is 70.2 Å². The monoisotopic (exact) mass is 509 g/mol. The summed E-state index contributed by atoms with van der Waals surface area (Å²) in [5, 5.41) is 13.2. The Balaban J connectivity index is 1.35. The molecular formula is C27H28ClN3O3S. The average Bonchev–Trinajstić information content (AvgIpc) is 3.27. The Bertz CT molecular complexity index is 1240. The number of nitro benzene ring substituents is 1. The van der Waals surface area contributed by atoms with Gasteiger partial charge in [-0.1, -0.05) is 41.6 Å². The molecule has 1 aromatic heterocycles. The minimum atomic E-state index is -0.387. The Morgan fingerprint density at radius 3 is 2.37 bits per heavy atom. The number of hydrogen-bond donors (Lipinski definition) is 0. The molecule has 0 atom stereocenters. The summed E-state index contributed by atoms with van der Waals surface area (Å²) in [6.45, 7) is 0. The average molecular weight is 510 g/mol. The summed E-state index contributed by atoms with van der Waals surface area (Å²) < 4.78 is 7.64. The molecule has 4 bridgehead atoms. The van der Waals surface area contributed by atoms with Gasteiger partial charge in [0.25, 0.3) is 0 Å². The third-order valence-corrected chi connectivity index (χ3v) is 9.41. The van der Waals surface area contributed by atoms with Gasteiger partial charge in [-0.15, -0.1) is 0 Å². The Labute approximate surface area is 214 Å². The molecule has 0 spiro atoms. The zero-order valence-corrected chi connectivity index (χ0v) is 21.2. The Hall–Kier alpha value is -2.51. The van der Waals surface area contributed by atoms with Crippen molar-refractivity contribution in [2.75, 3.05) is 7.11 Å². The minimum Gasteiger partial charge on any atom is -0.490 e. The first kappa shape index (κ1) is 22.9. The molecule has 4 aliphatic carbocycles. The molecule has 8 heteroatoms. The lowest BCUT2D eigenvalue weighted by Crippen LogP contribution is -2.51. The predicted octanol–water partition coefficient (Wildman–Crippen LogP) is 7.34. The van der Waals surface area contributed by atoms with Gasteiger partial charge in [0.05, 0.1) is 17.7 Å². The summed E-state index contributed by atoms with van der Waals surface area (Å²) in [6.07, 6.45) is 10.1. The quantitative estimate of drug-likeness (QED) is 0.189. The van der Waals surface area contributed by atoms with Crippen LogP contribution in [0.15, 0.2) is 53.8 Å². The van der Waals surface area contributed by atoms with Crippen molar-refractivity contribution < 1.29 is 9.66 Å². The number of halogens is 1. The highest BCUT2D eigenvalue weighted by molar-refractivity contribution is 7.98. The van der Waals surface area contributed by atoms with E-state index in [2.05, 4.69) is 10.8 Å². The van der Waals surface area contributed by atoms with Crippen molar-refractivity contribution >= 4 is 29.1 Å². The van der Waals surface area contributed by atoms with Crippen LogP contribution in [-0.4, -0.2) is 21.6 Å². The number of thioether (sulfide) groups is 1. The maximum atomic E-state index is 11.5. The van der Waals surface area contributed by atoms with Crippen molar-refractivity contribution in [3.63, 3.8) is 0 Å². The smallest absolute Gasteiger partial charge is 0.311 e. The van der Waals surface area contributed by atoms with Crippen LogP contribution in [0, 0.1) is 27.9 Å². The van der Waals surface area contributed by atoms with E-state index in [0.29, 0.717) is 10.8 Å². The maximum Gasteiger partial charge on any atom is 0.311 e. The molecule has 0 radical (unpaired) electrons. The molecule has 0 aliphatic heterocycles. The minimum absolute atomic E-state index is 0.00289. The number of imidazole rings is 1. The first-order valence-corrected chi connectivity index (χ1v) is 13.6. The molecule has 35 heavy (non-hydrogen) atoms. The van der Waals surface area contributed by atoms with Crippen molar-refractivity contribution in [2.45, 2.75) is 55.0 Å². The second-order valence-electron chi connectivity index (χ2n) is 10.5. The largest absolute Gasteiger partial charge is 0.490 e. The van der Waals surface area contributed by atoms with E-state index < -0.39 is 0 Å². The fraction of sp³-hybridized carbons (Fsp3) is 0.444. The van der Waals surface area contributed by atoms with E-state index in [1.54, 1.807) is 23.9 Å². The maximum absolute atomic E-state index is 11.5. The zero-order valence-electron chi connectivity index (χ0n) is 19.7. The molecule has 0 N–H and O–H groups in total. The SMILES string of the molecule is COc1ccc(CSc2nc(-c3ccc(Cl)cc3)cn2C23CC4CC(CC(C4)C2)C3)cc1[N+](=O)[O-]. The van der Waals surface area contributed by atoms with Crippen LogP contribution in [0.25, 0.3) is 11.3 Å². The molecule has 3 aromatic rings. The molecule has 6 nitrogen and oxygen atoms in total. The van der Waals surface area contributed by atoms with E-state index in [0.717, 1.165) is 39.7 Å². The molecule has 2 aromatic carbocycles. The summed E-state index contributed by atoms with van der Waals surface area (Å²) in [5.41, 5.74) is 3.04. The second-order valence-corrected chi connectivity index (χ2v) is 11.9. The van der Waals surface area contributed by atoms with E-state index >= 15 is 0 Å². The van der Waals surface area contributed by atoms with Crippen LogP contribution in [-0.2, 0) is 11.3 Å². The van der Waals surface area contributed by atoms with Crippen molar-refractivity contribution in [1.29, 1.82) is 0 Å². The van der Waals surface area contributed by atoms with E-state index in [-0.39, 0.29) is 21.9 Å². The number of hydrogen-bond acceptors (Lipinski definition) is 5. The normalized spacial score (nSPS) is 26.7. The summed E-state index contributed by atoms with van der Waals surface area (Å²) in [4.78, 5) is 16.2. The number of rotatable bonds is 7. The first-order chi connectivity index (χ1) is 16.9. The van der Waals surface area contributed by atoms with Gasteiger partial charge in [-0.05, 0) is 80.0 Å². The number of methoxy groups -OCH3 is 1. The molecule has 0 amide bonds. The molecule has 1 heterocycles. The third kappa shape index (κ3) is 4.23. The summed E-state index contributed by atoms with van der Waals surface area (Å²) in [6, 6.07) is 13.1. The number of aromatic nitrogens is 2. The Morgan fingerprint density at radius 1 is 1.11 bits per heavy atom. The van der Waals surface area contributed by atoms with Gasteiger partial charge in [-0.3, -0.25) is 10.1 Å². The number of ether oxygens (including phenoxy) is 1. The fourth-order valence-corrected chi connectivity index (χ4v) is 8.19. The Kier molecular flexibility index (Phi) is 5.80. The van der Waals surface area contributed by atoms with Crippen molar-refractivity contribution in [2.24, 2.45) is 17.8 Å². The van der Waals surface area contributed by atoms with Gasteiger partial charge in [-0.2, -0.15) is 0 Å². The second kappa shape index (κ2) is 8.86. The molecule has 0 unspecified atom stereocenters. The molecular weight excluding hydrogens is 482 g/mol. The Morgan fingerprint density at radius 2 is 1.77 bits per heavy atom. The highest BCUT2D eigenvalue weighted by atomic mass is 35.5. The third-order valence-electron chi connectivity index (χ3n) is 8.14. The molecule has 182 valence electrons. The lowest BCUT2D eigenvalue weighted by atomic mass is 9.53. The molecule has 0 saturated heterocycles. The van der Waals surface area contributed by atoms with Crippen LogP contribution in [0.5, 0.6) is 5.75 Å². The van der Waals surface area contributed by atoms with Crippen molar-refractivity contribution in [1.82, 2.24) is 9.55 Å².